The van der Waals surface area contributed by atoms with Crippen LogP contribution in [0.2, 0.25) is 0 Å². The molecule has 0 aromatic carbocycles. The van der Waals surface area contributed by atoms with Crippen molar-refractivity contribution < 1.29 is 4.39 Å². The number of hydrogen-bond acceptors (Lipinski definition) is 2. The fraction of sp³-hybridized carbons (Fsp3) is 1.00. The van der Waals surface area contributed by atoms with Gasteiger partial charge in [0.2, 0.25) is 0 Å². The van der Waals surface area contributed by atoms with Crippen LogP contribution in [0.4, 0.5) is 4.39 Å². The molecule has 124 valence electrons. The first-order valence-corrected chi connectivity index (χ1v) is 8.70. The largest absolute Gasteiger partial charge is 0.295 e. The Hall–Kier alpha value is -0.150. The molecule has 0 radical (unpaired) electrons. The molecule has 0 aromatic rings. The Morgan fingerprint density at radius 2 is 1.71 bits per heavy atom. The summed E-state index contributed by atoms with van der Waals surface area (Å²) in [6, 6.07) is 1.26. The Bertz CT molecular complexity index is 361. The molecule has 2 saturated heterocycles. The lowest BCUT2D eigenvalue weighted by molar-refractivity contribution is 0.0664. The van der Waals surface area contributed by atoms with Crippen molar-refractivity contribution in [3.05, 3.63) is 0 Å². The smallest absolute Gasteiger partial charge is 0.114 e. The first-order chi connectivity index (χ1) is 9.52. The van der Waals surface area contributed by atoms with Crippen molar-refractivity contribution in [1.29, 1.82) is 0 Å². The lowest BCUT2D eigenvalue weighted by Gasteiger charge is -2.42. The SMILES string of the molecule is CC1CC(CC(C)(C)N2CCC(F)C2)C(C)N1C(C)(C)C. The summed E-state index contributed by atoms with van der Waals surface area (Å²) in [4.78, 5) is 5.05. The normalized spacial score (nSPS) is 36.6. The van der Waals surface area contributed by atoms with Crippen LogP contribution in [-0.2, 0) is 0 Å². The second-order valence-electron chi connectivity index (χ2n) is 9.01. The molecule has 21 heavy (non-hydrogen) atoms. The minimum absolute atomic E-state index is 0.118. The van der Waals surface area contributed by atoms with Crippen LogP contribution in [0.1, 0.15) is 67.7 Å². The Morgan fingerprint density at radius 1 is 1.10 bits per heavy atom. The van der Waals surface area contributed by atoms with Gasteiger partial charge in [0.15, 0.2) is 0 Å². The first kappa shape index (κ1) is 17.2. The standard InChI is InChI=1S/C18H35FN2/c1-13-10-15(14(2)21(13)17(3,4)5)11-18(6,7)20-9-8-16(19)12-20/h13-16H,8-12H2,1-7H3. The van der Waals surface area contributed by atoms with E-state index in [9.17, 15) is 4.39 Å². The van der Waals surface area contributed by atoms with Crippen LogP contribution in [0, 0.1) is 5.92 Å². The van der Waals surface area contributed by atoms with E-state index in [4.69, 9.17) is 0 Å². The number of halogens is 1. The molecule has 2 fully saturated rings. The summed E-state index contributed by atoms with van der Waals surface area (Å²) in [6.45, 7) is 17.9. The predicted octanol–water partition coefficient (Wildman–Crippen LogP) is 4.10. The average Bonchev–Trinajstić information content (AvgIpc) is 2.83. The second kappa shape index (κ2) is 5.81. The van der Waals surface area contributed by atoms with Gasteiger partial charge in [0.1, 0.15) is 6.17 Å². The molecule has 0 N–H and O–H groups in total. The molecule has 2 aliphatic heterocycles. The fourth-order valence-corrected chi connectivity index (χ4v) is 4.94. The molecule has 0 saturated carbocycles. The number of rotatable bonds is 3. The molecular weight excluding hydrogens is 263 g/mol. The van der Waals surface area contributed by atoms with Gasteiger partial charge in [0, 0.05) is 36.3 Å². The lowest BCUT2D eigenvalue weighted by atomic mass is 9.84. The van der Waals surface area contributed by atoms with Crippen molar-refractivity contribution in [1.82, 2.24) is 9.80 Å². The topological polar surface area (TPSA) is 6.48 Å². The summed E-state index contributed by atoms with van der Waals surface area (Å²) in [6.07, 6.45) is 2.55. The molecule has 2 nitrogen and oxygen atoms in total. The highest BCUT2D eigenvalue weighted by Gasteiger charge is 2.44. The molecule has 0 spiro atoms. The van der Waals surface area contributed by atoms with Crippen LogP contribution in [-0.4, -0.2) is 52.2 Å². The molecule has 2 aliphatic rings. The summed E-state index contributed by atoms with van der Waals surface area (Å²) in [5.41, 5.74) is 0.350. The zero-order valence-electron chi connectivity index (χ0n) is 15.1. The Kier molecular flexibility index (Phi) is 4.76. The van der Waals surface area contributed by atoms with Crippen LogP contribution < -0.4 is 0 Å². The van der Waals surface area contributed by atoms with Gasteiger partial charge < -0.3 is 0 Å². The van der Waals surface area contributed by atoms with Crippen LogP contribution >= 0.6 is 0 Å². The third kappa shape index (κ3) is 3.61. The first-order valence-electron chi connectivity index (χ1n) is 8.70. The minimum Gasteiger partial charge on any atom is -0.295 e. The van der Waals surface area contributed by atoms with Crippen molar-refractivity contribution in [3.8, 4) is 0 Å². The van der Waals surface area contributed by atoms with Gasteiger partial charge in [-0.25, -0.2) is 4.39 Å². The van der Waals surface area contributed by atoms with E-state index in [1.165, 1.54) is 12.8 Å². The van der Waals surface area contributed by atoms with E-state index in [2.05, 4.69) is 58.3 Å². The zero-order valence-corrected chi connectivity index (χ0v) is 15.1. The van der Waals surface area contributed by atoms with Crippen molar-refractivity contribution in [2.75, 3.05) is 13.1 Å². The molecular formula is C18H35FN2. The Morgan fingerprint density at radius 3 is 2.14 bits per heavy atom. The summed E-state index contributed by atoms with van der Waals surface area (Å²) >= 11 is 0. The number of nitrogens with zero attached hydrogens (tertiary/aromatic N) is 2. The van der Waals surface area contributed by atoms with E-state index in [1.807, 2.05) is 0 Å². The Balaban J connectivity index is 2.03. The highest BCUT2D eigenvalue weighted by molar-refractivity contribution is 4.99. The van der Waals surface area contributed by atoms with Crippen LogP contribution in [0.5, 0.6) is 0 Å². The number of alkyl halides is 1. The van der Waals surface area contributed by atoms with E-state index < -0.39 is 6.17 Å². The van der Waals surface area contributed by atoms with Crippen molar-refractivity contribution in [2.45, 2.75) is 97.1 Å². The van der Waals surface area contributed by atoms with Gasteiger partial charge in [-0.2, -0.15) is 0 Å². The predicted molar refractivity (Wildman–Crippen MR) is 88.4 cm³/mol. The summed E-state index contributed by atoms with van der Waals surface area (Å²) < 4.78 is 13.5. The van der Waals surface area contributed by atoms with Gasteiger partial charge in [0.25, 0.3) is 0 Å². The van der Waals surface area contributed by atoms with E-state index in [1.54, 1.807) is 0 Å². The third-order valence-corrected chi connectivity index (χ3v) is 5.76. The summed E-state index contributed by atoms with van der Waals surface area (Å²) in [5, 5.41) is 0. The van der Waals surface area contributed by atoms with Crippen molar-refractivity contribution in [2.24, 2.45) is 5.92 Å². The van der Waals surface area contributed by atoms with Gasteiger partial charge in [-0.3, -0.25) is 9.80 Å². The number of likely N-dealkylation sites (tertiary alicyclic amines) is 2. The minimum atomic E-state index is -0.615. The highest BCUT2D eigenvalue weighted by Crippen LogP contribution is 2.41. The molecule has 4 atom stereocenters. The molecule has 2 heterocycles. The maximum atomic E-state index is 13.5. The van der Waals surface area contributed by atoms with E-state index in [0.717, 1.165) is 6.54 Å². The average molecular weight is 298 g/mol. The van der Waals surface area contributed by atoms with E-state index in [-0.39, 0.29) is 11.1 Å². The number of hydrogen-bond donors (Lipinski definition) is 0. The molecule has 0 aliphatic carbocycles. The third-order valence-electron chi connectivity index (χ3n) is 5.76. The van der Waals surface area contributed by atoms with Gasteiger partial charge >= 0.3 is 0 Å². The van der Waals surface area contributed by atoms with Crippen molar-refractivity contribution >= 4 is 0 Å². The molecule has 0 bridgehead atoms. The lowest BCUT2D eigenvalue weighted by Crippen LogP contribution is -2.49. The van der Waals surface area contributed by atoms with Gasteiger partial charge in [-0.1, -0.05) is 0 Å². The maximum absolute atomic E-state index is 13.5. The van der Waals surface area contributed by atoms with Crippen LogP contribution in [0.15, 0.2) is 0 Å². The molecule has 2 rings (SSSR count). The Labute approximate surface area is 131 Å². The van der Waals surface area contributed by atoms with E-state index >= 15 is 0 Å². The van der Waals surface area contributed by atoms with Gasteiger partial charge in [-0.05, 0) is 73.6 Å². The molecule has 3 heteroatoms. The highest BCUT2D eigenvalue weighted by atomic mass is 19.1. The maximum Gasteiger partial charge on any atom is 0.114 e. The fourth-order valence-electron chi connectivity index (χ4n) is 4.94. The molecule has 4 unspecified atom stereocenters. The quantitative estimate of drug-likeness (QED) is 0.774. The summed E-state index contributed by atoms with van der Waals surface area (Å²) in [7, 11) is 0. The molecule has 0 amide bonds. The van der Waals surface area contributed by atoms with Crippen LogP contribution in [0.25, 0.3) is 0 Å². The zero-order chi connectivity index (χ0) is 16.0. The summed E-state index contributed by atoms with van der Waals surface area (Å²) in [5.74, 6) is 0.716. The van der Waals surface area contributed by atoms with E-state index in [0.29, 0.717) is 31.0 Å². The van der Waals surface area contributed by atoms with Gasteiger partial charge in [0.05, 0.1) is 0 Å². The van der Waals surface area contributed by atoms with Gasteiger partial charge in [-0.15, -0.1) is 0 Å². The molecule has 0 aromatic heterocycles. The van der Waals surface area contributed by atoms with Crippen molar-refractivity contribution in [3.63, 3.8) is 0 Å². The second-order valence-corrected chi connectivity index (χ2v) is 9.01. The monoisotopic (exact) mass is 298 g/mol. The van der Waals surface area contributed by atoms with Crippen LogP contribution in [0.3, 0.4) is 0 Å².